The molecular formula is C14H20N2O4. The molecule has 0 amide bonds. The zero-order valence-electron chi connectivity index (χ0n) is 11.8. The van der Waals surface area contributed by atoms with E-state index in [-0.39, 0.29) is 16.0 Å². The Morgan fingerprint density at radius 1 is 1.45 bits per heavy atom. The molecule has 0 aromatic heterocycles. The van der Waals surface area contributed by atoms with Crippen molar-refractivity contribution in [1.82, 2.24) is 0 Å². The summed E-state index contributed by atoms with van der Waals surface area (Å²) in [5.41, 5.74) is 0.679. The second-order valence-electron chi connectivity index (χ2n) is 5.42. The maximum absolute atomic E-state index is 11.1. The Balaban J connectivity index is 2.12. The highest BCUT2D eigenvalue weighted by molar-refractivity contribution is 5.64. The molecule has 1 aliphatic rings. The van der Waals surface area contributed by atoms with Gasteiger partial charge in [0.05, 0.1) is 12.0 Å². The molecule has 1 aromatic carbocycles. The highest BCUT2D eigenvalue weighted by Crippen LogP contribution is 2.33. The van der Waals surface area contributed by atoms with E-state index in [1.165, 1.54) is 6.07 Å². The number of nitro benzene ring substituents is 1. The minimum absolute atomic E-state index is 0.0708. The molecule has 0 unspecified atom stereocenters. The molecule has 110 valence electrons. The number of nitro groups is 1. The van der Waals surface area contributed by atoms with E-state index in [2.05, 4.69) is 12.2 Å². The summed E-state index contributed by atoms with van der Waals surface area (Å²) >= 11 is 0. The summed E-state index contributed by atoms with van der Waals surface area (Å²) < 4.78 is 10.5. The molecule has 0 saturated carbocycles. The Bertz CT molecular complexity index is 484. The zero-order valence-corrected chi connectivity index (χ0v) is 11.8. The average Bonchev–Trinajstić information content (AvgIpc) is 2.45. The molecule has 6 nitrogen and oxygen atoms in total. The fourth-order valence-electron chi connectivity index (χ4n) is 2.29. The van der Waals surface area contributed by atoms with Gasteiger partial charge >= 0.3 is 0 Å². The minimum Gasteiger partial charge on any atom is -0.497 e. The lowest BCUT2D eigenvalue weighted by molar-refractivity contribution is -0.384. The monoisotopic (exact) mass is 280 g/mol. The van der Waals surface area contributed by atoms with Gasteiger partial charge in [0, 0.05) is 31.9 Å². The van der Waals surface area contributed by atoms with Gasteiger partial charge < -0.3 is 14.8 Å². The van der Waals surface area contributed by atoms with Gasteiger partial charge in [-0.15, -0.1) is 0 Å². The van der Waals surface area contributed by atoms with Crippen LogP contribution in [0.15, 0.2) is 18.2 Å². The van der Waals surface area contributed by atoms with E-state index in [1.54, 1.807) is 19.2 Å². The van der Waals surface area contributed by atoms with Crippen LogP contribution in [0.25, 0.3) is 0 Å². The predicted molar refractivity (Wildman–Crippen MR) is 76.3 cm³/mol. The van der Waals surface area contributed by atoms with Crippen LogP contribution in [-0.2, 0) is 4.74 Å². The fourth-order valence-corrected chi connectivity index (χ4v) is 2.29. The molecule has 0 aliphatic carbocycles. The molecule has 2 rings (SSSR count). The summed E-state index contributed by atoms with van der Waals surface area (Å²) in [6.45, 7) is 4.36. The van der Waals surface area contributed by atoms with E-state index in [0.717, 1.165) is 26.1 Å². The number of rotatable bonds is 5. The molecule has 1 aromatic rings. The van der Waals surface area contributed by atoms with Crippen molar-refractivity contribution in [2.45, 2.75) is 19.8 Å². The summed E-state index contributed by atoms with van der Waals surface area (Å²) in [6.07, 6.45) is 1.91. The van der Waals surface area contributed by atoms with Gasteiger partial charge in [-0.2, -0.15) is 0 Å². The fraction of sp³-hybridized carbons (Fsp3) is 0.571. The number of nitrogens with zero attached hydrogens (tertiary/aromatic N) is 1. The summed E-state index contributed by atoms with van der Waals surface area (Å²) in [5.74, 6) is 0.607. The SMILES string of the molecule is COc1ccc([N+](=O)[O-])c(NCC2(C)CCOCC2)c1. The molecule has 0 atom stereocenters. The molecule has 0 spiro atoms. The number of benzene rings is 1. The lowest BCUT2D eigenvalue weighted by atomic mass is 9.82. The molecule has 1 N–H and O–H groups in total. The first-order chi connectivity index (χ1) is 9.54. The second kappa shape index (κ2) is 6.09. The lowest BCUT2D eigenvalue weighted by Gasteiger charge is -2.33. The van der Waals surface area contributed by atoms with Crippen LogP contribution in [0.1, 0.15) is 19.8 Å². The molecule has 1 aliphatic heterocycles. The van der Waals surface area contributed by atoms with Crippen LogP contribution in [0.2, 0.25) is 0 Å². The van der Waals surface area contributed by atoms with Crippen molar-refractivity contribution in [2.75, 3.05) is 32.2 Å². The summed E-state index contributed by atoms with van der Waals surface area (Å²) in [4.78, 5) is 10.7. The van der Waals surface area contributed by atoms with Gasteiger partial charge in [-0.3, -0.25) is 10.1 Å². The van der Waals surface area contributed by atoms with E-state index in [9.17, 15) is 10.1 Å². The first-order valence-electron chi connectivity index (χ1n) is 6.68. The van der Waals surface area contributed by atoms with Crippen LogP contribution in [0.5, 0.6) is 5.75 Å². The van der Waals surface area contributed by atoms with Gasteiger partial charge in [-0.1, -0.05) is 6.92 Å². The van der Waals surface area contributed by atoms with Crippen LogP contribution < -0.4 is 10.1 Å². The van der Waals surface area contributed by atoms with E-state index < -0.39 is 0 Å². The van der Waals surface area contributed by atoms with Gasteiger partial charge in [0.25, 0.3) is 5.69 Å². The van der Waals surface area contributed by atoms with Crippen molar-refractivity contribution in [3.8, 4) is 5.75 Å². The van der Waals surface area contributed by atoms with Crippen LogP contribution in [0.3, 0.4) is 0 Å². The summed E-state index contributed by atoms with van der Waals surface area (Å²) in [5, 5.41) is 14.3. The number of nitrogens with one attached hydrogen (secondary N) is 1. The first-order valence-corrected chi connectivity index (χ1v) is 6.68. The molecule has 1 heterocycles. The molecule has 1 fully saturated rings. The van der Waals surface area contributed by atoms with E-state index >= 15 is 0 Å². The Morgan fingerprint density at radius 2 is 2.15 bits per heavy atom. The van der Waals surface area contributed by atoms with Crippen molar-refractivity contribution in [3.63, 3.8) is 0 Å². The number of ether oxygens (including phenoxy) is 2. The van der Waals surface area contributed by atoms with Gasteiger partial charge in [-0.25, -0.2) is 0 Å². The summed E-state index contributed by atoms with van der Waals surface area (Å²) in [7, 11) is 1.55. The normalized spacial score (nSPS) is 17.5. The highest BCUT2D eigenvalue weighted by atomic mass is 16.6. The standard InChI is InChI=1S/C14H20N2O4/c1-14(5-7-20-8-6-14)10-15-12-9-11(19-2)3-4-13(12)16(17)18/h3-4,9,15H,5-8,10H2,1-2H3. The van der Waals surface area contributed by atoms with Crippen molar-refractivity contribution in [3.05, 3.63) is 28.3 Å². The number of anilines is 1. The number of hydrogen-bond acceptors (Lipinski definition) is 5. The number of methoxy groups -OCH3 is 1. The maximum Gasteiger partial charge on any atom is 0.292 e. The average molecular weight is 280 g/mol. The van der Waals surface area contributed by atoms with Gasteiger partial charge in [0.2, 0.25) is 0 Å². The minimum atomic E-state index is -0.381. The Kier molecular flexibility index (Phi) is 4.44. The second-order valence-corrected chi connectivity index (χ2v) is 5.42. The Morgan fingerprint density at radius 3 is 2.75 bits per heavy atom. The van der Waals surface area contributed by atoms with Crippen molar-refractivity contribution < 1.29 is 14.4 Å². The smallest absolute Gasteiger partial charge is 0.292 e. The first kappa shape index (κ1) is 14.6. The Labute approximate surface area is 118 Å². The third-order valence-electron chi connectivity index (χ3n) is 3.81. The topological polar surface area (TPSA) is 73.6 Å². The van der Waals surface area contributed by atoms with Gasteiger partial charge in [0.1, 0.15) is 11.4 Å². The van der Waals surface area contributed by atoms with Crippen molar-refractivity contribution in [1.29, 1.82) is 0 Å². The highest BCUT2D eigenvalue weighted by Gasteiger charge is 2.28. The third-order valence-corrected chi connectivity index (χ3v) is 3.81. The molecule has 1 saturated heterocycles. The van der Waals surface area contributed by atoms with E-state index in [0.29, 0.717) is 18.0 Å². The molecule has 6 heteroatoms. The lowest BCUT2D eigenvalue weighted by Crippen LogP contribution is -2.33. The third kappa shape index (κ3) is 3.39. The van der Waals surface area contributed by atoms with Gasteiger partial charge in [0.15, 0.2) is 0 Å². The molecular weight excluding hydrogens is 260 g/mol. The van der Waals surface area contributed by atoms with Crippen molar-refractivity contribution >= 4 is 11.4 Å². The van der Waals surface area contributed by atoms with Crippen LogP contribution in [0.4, 0.5) is 11.4 Å². The van der Waals surface area contributed by atoms with Crippen LogP contribution >= 0.6 is 0 Å². The zero-order chi connectivity index (χ0) is 14.6. The maximum atomic E-state index is 11.1. The van der Waals surface area contributed by atoms with Gasteiger partial charge in [-0.05, 0) is 24.3 Å². The summed E-state index contributed by atoms with van der Waals surface area (Å²) in [6, 6.07) is 4.73. The Hall–Kier alpha value is -1.82. The van der Waals surface area contributed by atoms with Crippen LogP contribution in [0, 0.1) is 15.5 Å². The van der Waals surface area contributed by atoms with Crippen LogP contribution in [-0.4, -0.2) is 31.8 Å². The molecule has 20 heavy (non-hydrogen) atoms. The molecule has 0 radical (unpaired) electrons. The van der Waals surface area contributed by atoms with Crippen molar-refractivity contribution in [2.24, 2.45) is 5.41 Å². The largest absolute Gasteiger partial charge is 0.497 e. The molecule has 0 bridgehead atoms. The quantitative estimate of drug-likeness (QED) is 0.663. The number of hydrogen-bond donors (Lipinski definition) is 1. The predicted octanol–water partition coefficient (Wildman–Crippen LogP) is 2.83. The van der Waals surface area contributed by atoms with E-state index in [1.807, 2.05) is 0 Å². The van der Waals surface area contributed by atoms with E-state index in [4.69, 9.17) is 9.47 Å².